The van der Waals surface area contributed by atoms with Gasteiger partial charge in [-0.15, -0.1) is 0 Å². The molecule has 0 saturated heterocycles. The molecule has 1 aromatic carbocycles. The molecule has 0 saturated carbocycles. The zero-order valence-electron chi connectivity index (χ0n) is 8.65. The summed E-state index contributed by atoms with van der Waals surface area (Å²) < 4.78 is 24.0. The van der Waals surface area contributed by atoms with E-state index in [9.17, 15) is 9.18 Å². The molecule has 2 aromatic rings. The monoisotopic (exact) mass is 298 g/mol. The highest BCUT2D eigenvalue weighted by molar-refractivity contribution is 9.10. The third-order valence-electron chi connectivity index (χ3n) is 2.05. The Morgan fingerprint density at radius 1 is 1.41 bits per heavy atom. The lowest BCUT2D eigenvalue weighted by Gasteiger charge is -2.05. The molecule has 0 unspecified atom stereocenters. The van der Waals surface area contributed by atoms with Crippen LogP contribution in [0.2, 0.25) is 0 Å². The normalized spacial score (nSPS) is 10.2. The van der Waals surface area contributed by atoms with Gasteiger partial charge >= 0.3 is 0 Å². The van der Waals surface area contributed by atoms with Gasteiger partial charge in [-0.1, -0.05) is 15.9 Å². The van der Waals surface area contributed by atoms with Gasteiger partial charge in [-0.3, -0.25) is 4.79 Å². The summed E-state index contributed by atoms with van der Waals surface area (Å²) in [5, 5.41) is 0. The molecule has 0 bridgehead atoms. The van der Waals surface area contributed by atoms with Crippen molar-refractivity contribution in [3.8, 4) is 5.75 Å². The van der Waals surface area contributed by atoms with E-state index in [4.69, 9.17) is 9.15 Å². The van der Waals surface area contributed by atoms with Crippen molar-refractivity contribution in [3.05, 3.63) is 52.6 Å². The molecule has 0 amide bonds. The standard InChI is InChI=1S/C12H8BrFO3/c13-8-3-4-9(14)12(6-8)17-7-10(15)11-2-1-5-16-11/h1-6H,7H2. The molecule has 88 valence electrons. The van der Waals surface area contributed by atoms with Crippen LogP contribution >= 0.6 is 15.9 Å². The van der Waals surface area contributed by atoms with E-state index >= 15 is 0 Å². The lowest BCUT2D eigenvalue weighted by Crippen LogP contribution is -2.11. The molecule has 0 fully saturated rings. The lowest BCUT2D eigenvalue weighted by molar-refractivity contribution is 0.0891. The van der Waals surface area contributed by atoms with Gasteiger partial charge in [-0.2, -0.15) is 0 Å². The van der Waals surface area contributed by atoms with Gasteiger partial charge in [0.05, 0.1) is 6.26 Å². The molecule has 5 heteroatoms. The van der Waals surface area contributed by atoms with Crippen LogP contribution < -0.4 is 4.74 Å². The minimum atomic E-state index is -0.513. The van der Waals surface area contributed by atoms with Gasteiger partial charge in [0, 0.05) is 4.47 Å². The third-order valence-corrected chi connectivity index (χ3v) is 2.54. The fraction of sp³-hybridized carbons (Fsp3) is 0.0833. The first kappa shape index (κ1) is 11.9. The highest BCUT2D eigenvalue weighted by Crippen LogP contribution is 2.22. The van der Waals surface area contributed by atoms with Crippen LogP contribution in [0, 0.1) is 5.82 Å². The predicted molar refractivity (Wildman–Crippen MR) is 62.6 cm³/mol. The molecule has 17 heavy (non-hydrogen) atoms. The highest BCUT2D eigenvalue weighted by atomic mass is 79.9. The van der Waals surface area contributed by atoms with Gasteiger partial charge in [0.2, 0.25) is 5.78 Å². The van der Waals surface area contributed by atoms with Crippen molar-refractivity contribution in [2.75, 3.05) is 6.61 Å². The van der Waals surface area contributed by atoms with Gasteiger partial charge in [0.15, 0.2) is 23.9 Å². The van der Waals surface area contributed by atoms with Crippen LogP contribution in [-0.2, 0) is 0 Å². The first-order chi connectivity index (χ1) is 8.16. The van der Waals surface area contributed by atoms with Crippen LogP contribution in [0.5, 0.6) is 5.75 Å². The van der Waals surface area contributed by atoms with Crippen LogP contribution in [0.4, 0.5) is 4.39 Å². The first-order valence-corrected chi connectivity index (χ1v) is 5.60. The number of carbonyl (C=O) groups is 1. The maximum absolute atomic E-state index is 13.3. The third kappa shape index (κ3) is 2.94. The Bertz CT molecular complexity index is 523. The van der Waals surface area contributed by atoms with E-state index in [1.54, 1.807) is 12.1 Å². The Balaban J connectivity index is 2.03. The molecule has 3 nitrogen and oxygen atoms in total. The van der Waals surface area contributed by atoms with Crippen LogP contribution in [0.15, 0.2) is 45.5 Å². The van der Waals surface area contributed by atoms with E-state index in [1.165, 1.54) is 24.5 Å². The van der Waals surface area contributed by atoms with E-state index in [1.807, 2.05) is 0 Å². The zero-order valence-corrected chi connectivity index (χ0v) is 10.2. The van der Waals surface area contributed by atoms with E-state index in [-0.39, 0.29) is 23.9 Å². The van der Waals surface area contributed by atoms with Crippen LogP contribution in [0.1, 0.15) is 10.6 Å². The number of carbonyl (C=O) groups excluding carboxylic acids is 1. The Morgan fingerprint density at radius 2 is 2.24 bits per heavy atom. The van der Waals surface area contributed by atoms with Crippen molar-refractivity contribution in [2.24, 2.45) is 0 Å². The maximum atomic E-state index is 13.3. The van der Waals surface area contributed by atoms with Crippen LogP contribution in [0.3, 0.4) is 0 Å². The van der Waals surface area contributed by atoms with Crippen molar-refractivity contribution in [2.45, 2.75) is 0 Å². The SMILES string of the molecule is O=C(COc1cc(Br)ccc1F)c1ccco1. The second-order valence-corrected chi connectivity index (χ2v) is 4.18. The average Bonchev–Trinajstić information content (AvgIpc) is 2.83. The molecule has 0 aliphatic carbocycles. The predicted octanol–water partition coefficient (Wildman–Crippen LogP) is 3.44. The van der Waals surface area contributed by atoms with Gasteiger partial charge in [-0.05, 0) is 30.3 Å². The minimum absolute atomic E-state index is 0.0271. The van der Waals surface area contributed by atoms with E-state index in [2.05, 4.69) is 15.9 Å². The topological polar surface area (TPSA) is 39.4 Å². The van der Waals surface area contributed by atoms with Crippen molar-refractivity contribution < 1.29 is 18.3 Å². The summed E-state index contributed by atoms with van der Waals surface area (Å²) in [6.45, 7) is -0.263. The number of ketones is 1. The second kappa shape index (κ2) is 5.14. The molecule has 0 N–H and O–H groups in total. The van der Waals surface area contributed by atoms with E-state index in [0.717, 1.165) is 0 Å². The summed E-state index contributed by atoms with van der Waals surface area (Å²) in [7, 11) is 0. The van der Waals surface area contributed by atoms with Crippen molar-refractivity contribution in [3.63, 3.8) is 0 Å². The van der Waals surface area contributed by atoms with Crippen molar-refractivity contribution in [1.82, 2.24) is 0 Å². The lowest BCUT2D eigenvalue weighted by atomic mass is 10.3. The molecule has 0 spiro atoms. The Hall–Kier alpha value is -1.62. The van der Waals surface area contributed by atoms with Crippen molar-refractivity contribution in [1.29, 1.82) is 0 Å². The number of furan rings is 1. The van der Waals surface area contributed by atoms with Gasteiger partial charge < -0.3 is 9.15 Å². The first-order valence-electron chi connectivity index (χ1n) is 4.81. The molecule has 0 atom stereocenters. The van der Waals surface area contributed by atoms with Gasteiger partial charge in [0.1, 0.15) is 0 Å². The molecule has 0 aliphatic rings. The molecular weight excluding hydrogens is 291 g/mol. The summed E-state index contributed by atoms with van der Waals surface area (Å²) in [6.07, 6.45) is 1.40. The molecule has 1 heterocycles. The summed E-state index contributed by atoms with van der Waals surface area (Å²) in [6, 6.07) is 7.41. The highest BCUT2D eigenvalue weighted by Gasteiger charge is 2.11. The van der Waals surface area contributed by atoms with Crippen LogP contribution in [-0.4, -0.2) is 12.4 Å². The fourth-order valence-electron chi connectivity index (χ4n) is 1.24. The summed E-state index contributed by atoms with van der Waals surface area (Å²) >= 11 is 3.19. The zero-order chi connectivity index (χ0) is 12.3. The number of halogens is 2. The summed E-state index contributed by atoms with van der Waals surface area (Å²) in [4.78, 5) is 11.5. The number of benzene rings is 1. The largest absolute Gasteiger partial charge is 0.482 e. The quantitative estimate of drug-likeness (QED) is 0.812. The average molecular weight is 299 g/mol. The van der Waals surface area contributed by atoms with Crippen LogP contribution in [0.25, 0.3) is 0 Å². The second-order valence-electron chi connectivity index (χ2n) is 3.26. The van der Waals surface area contributed by atoms with Crippen molar-refractivity contribution >= 4 is 21.7 Å². The Labute approximate surface area is 105 Å². The van der Waals surface area contributed by atoms with E-state index in [0.29, 0.717) is 4.47 Å². The Kier molecular flexibility index (Phi) is 3.58. The molecule has 2 rings (SSSR count). The Morgan fingerprint density at radius 3 is 2.94 bits per heavy atom. The maximum Gasteiger partial charge on any atom is 0.235 e. The number of hydrogen-bond donors (Lipinski definition) is 0. The number of Topliss-reactive ketones (excluding diaryl/α,β-unsaturated/α-hetero) is 1. The molecule has 1 aromatic heterocycles. The molecule has 0 aliphatic heterocycles. The number of ether oxygens (including phenoxy) is 1. The molecule has 0 radical (unpaired) electrons. The summed E-state index contributed by atoms with van der Waals surface area (Å²) in [5.74, 6) is -0.630. The summed E-state index contributed by atoms with van der Waals surface area (Å²) in [5.41, 5.74) is 0. The van der Waals surface area contributed by atoms with E-state index < -0.39 is 5.82 Å². The number of hydrogen-bond acceptors (Lipinski definition) is 3. The number of rotatable bonds is 4. The smallest absolute Gasteiger partial charge is 0.235 e. The molecular formula is C12H8BrFO3. The fourth-order valence-corrected chi connectivity index (χ4v) is 1.58. The van der Waals surface area contributed by atoms with Gasteiger partial charge in [0.25, 0.3) is 0 Å². The minimum Gasteiger partial charge on any atom is -0.482 e. The van der Waals surface area contributed by atoms with Gasteiger partial charge in [-0.25, -0.2) is 4.39 Å².